The maximum absolute atomic E-state index is 12.9. The molecule has 0 spiro atoms. The van der Waals surface area contributed by atoms with Gasteiger partial charge in [-0.25, -0.2) is 4.39 Å². The Bertz CT molecular complexity index is 800. The molecule has 0 bridgehead atoms. The molecule has 5 nitrogen and oxygen atoms in total. The number of aromatic nitrogens is 2. The first-order valence-electron chi connectivity index (χ1n) is 7.09. The Morgan fingerprint density at radius 1 is 1.13 bits per heavy atom. The molecule has 1 heterocycles. The molecule has 1 atom stereocenters. The van der Waals surface area contributed by atoms with Crippen LogP contribution in [-0.4, -0.2) is 16.0 Å². The molecule has 0 saturated heterocycles. The Balaban J connectivity index is 1.72. The van der Waals surface area contributed by atoms with Crippen molar-refractivity contribution in [3.05, 3.63) is 71.9 Å². The summed E-state index contributed by atoms with van der Waals surface area (Å²) in [4.78, 5) is 16.2. The van der Waals surface area contributed by atoms with Gasteiger partial charge in [0.25, 0.3) is 0 Å². The predicted molar refractivity (Wildman–Crippen MR) is 82.0 cm³/mol. The highest BCUT2D eigenvalue weighted by molar-refractivity contribution is 5.90. The zero-order valence-electron chi connectivity index (χ0n) is 12.4. The van der Waals surface area contributed by atoms with Crippen LogP contribution in [-0.2, 0) is 0 Å². The lowest BCUT2D eigenvalue weighted by Crippen LogP contribution is -2.26. The molecule has 3 aromatic rings. The number of carbonyl (C=O) groups excluding carboxylic acids is 1. The molecule has 0 saturated carbocycles. The van der Waals surface area contributed by atoms with Crippen molar-refractivity contribution in [3.8, 4) is 11.4 Å². The smallest absolute Gasteiger partial charge is 0.316 e. The first kappa shape index (κ1) is 14.9. The van der Waals surface area contributed by atoms with E-state index in [2.05, 4.69) is 15.5 Å². The molecule has 0 fully saturated rings. The van der Waals surface area contributed by atoms with E-state index in [-0.39, 0.29) is 23.6 Å². The van der Waals surface area contributed by atoms with E-state index in [1.54, 1.807) is 0 Å². The molecule has 0 aliphatic carbocycles. The van der Waals surface area contributed by atoms with Crippen molar-refractivity contribution in [2.45, 2.75) is 13.0 Å². The molecule has 0 radical (unpaired) electrons. The SMILES string of the molecule is C[C@@H](NC(=O)c1nc(-c2ccc(F)cc2)no1)c1ccccc1. The Morgan fingerprint density at radius 2 is 1.83 bits per heavy atom. The Hall–Kier alpha value is -3.02. The number of nitrogens with zero attached hydrogens (tertiary/aromatic N) is 2. The lowest BCUT2D eigenvalue weighted by atomic mass is 10.1. The van der Waals surface area contributed by atoms with Crippen LogP contribution < -0.4 is 5.32 Å². The Morgan fingerprint density at radius 3 is 2.52 bits per heavy atom. The number of halogens is 1. The van der Waals surface area contributed by atoms with Crippen molar-refractivity contribution in [1.29, 1.82) is 0 Å². The summed E-state index contributed by atoms with van der Waals surface area (Å²) in [6.45, 7) is 1.87. The Labute approximate surface area is 132 Å². The van der Waals surface area contributed by atoms with Crippen LogP contribution in [0.4, 0.5) is 4.39 Å². The van der Waals surface area contributed by atoms with E-state index in [4.69, 9.17) is 4.52 Å². The number of hydrogen-bond acceptors (Lipinski definition) is 4. The van der Waals surface area contributed by atoms with Gasteiger partial charge in [0.1, 0.15) is 5.82 Å². The second kappa shape index (κ2) is 6.39. The van der Waals surface area contributed by atoms with Crippen molar-refractivity contribution >= 4 is 5.91 Å². The molecule has 2 aromatic carbocycles. The molecule has 1 amide bonds. The number of benzene rings is 2. The fourth-order valence-corrected chi connectivity index (χ4v) is 2.12. The molecule has 116 valence electrons. The first-order chi connectivity index (χ1) is 11.1. The molecular formula is C17H14FN3O2. The van der Waals surface area contributed by atoms with Gasteiger partial charge in [-0.3, -0.25) is 4.79 Å². The second-order valence-corrected chi connectivity index (χ2v) is 5.04. The summed E-state index contributed by atoms with van der Waals surface area (Å²) in [7, 11) is 0. The zero-order chi connectivity index (χ0) is 16.2. The highest BCUT2D eigenvalue weighted by Gasteiger charge is 2.18. The standard InChI is InChI=1S/C17H14FN3O2/c1-11(12-5-3-2-4-6-12)19-16(22)17-20-15(21-23-17)13-7-9-14(18)10-8-13/h2-11H,1H3,(H,19,22)/t11-/m1/s1. The maximum atomic E-state index is 12.9. The molecule has 0 unspecified atom stereocenters. The summed E-state index contributed by atoms with van der Waals surface area (Å²) in [5.41, 5.74) is 1.55. The van der Waals surface area contributed by atoms with Gasteiger partial charge in [-0.1, -0.05) is 35.5 Å². The topological polar surface area (TPSA) is 68.0 Å². The van der Waals surface area contributed by atoms with Gasteiger partial charge in [0, 0.05) is 5.56 Å². The van der Waals surface area contributed by atoms with Crippen LogP contribution in [0.5, 0.6) is 0 Å². The number of hydrogen-bond donors (Lipinski definition) is 1. The van der Waals surface area contributed by atoms with Crippen LogP contribution in [0.1, 0.15) is 29.2 Å². The molecule has 1 aromatic heterocycles. The van der Waals surface area contributed by atoms with Crippen molar-refractivity contribution in [2.24, 2.45) is 0 Å². The van der Waals surface area contributed by atoms with E-state index in [1.807, 2.05) is 37.3 Å². The third-order valence-electron chi connectivity index (χ3n) is 3.37. The largest absolute Gasteiger partial charge is 0.341 e. The quantitative estimate of drug-likeness (QED) is 0.802. The molecule has 0 aliphatic heterocycles. The van der Waals surface area contributed by atoms with E-state index in [0.29, 0.717) is 5.56 Å². The number of carbonyl (C=O) groups is 1. The fourth-order valence-electron chi connectivity index (χ4n) is 2.12. The first-order valence-corrected chi connectivity index (χ1v) is 7.09. The molecule has 1 N–H and O–H groups in total. The summed E-state index contributed by atoms with van der Waals surface area (Å²) in [6, 6.07) is 15.0. The fraction of sp³-hybridized carbons (Fsp3) is 0.118. The summed E-state index contributed by atoms with van der Waals surface area (Å²) >= 11 is 0. The van der Waals surface area contributed by atoms with E-state index >= 15 is 0 Å². The summed E-state index contributed by atoms with van der Waals surface area (Å²) in [5, 5.41) is 6.54. The molecule has 3 rings (SSSR count). The van der Waals surface area contributed by atoms with E-state index in [1.165, 1.54) is 24.3 Å². The van der Waals surface area contributed by atoms with Gasteiger partial charge in [0.15, 0.2) is 0 Å². The van der Waals surface area contributed by atoms with Crippen molar-refractivity contribution < 1.29 is 13.7 Å². The summed E-state index contributed by atoms with van der Waals surface area (Å²) in [5.74, 6) is -0.705. The highest BCUT2D eigenvalue weighted by Crippen LogP contribution is 2.17. The monoisotopic (exact) mass is 311 g/mol. The van der Waals surface area contributed by atoms with Crippen molar-refractivity contribution in [1.82, 2.24) is 15.5 Å². The van der Waals surface area contributed by atoms with Crippen LogP contribution in [0.25, 0.3) is 11.4 Å². The zero-order valence-corrected chi connectivity index (χ0v) is 12.4. The second-order valence-electron chi connectivity index (χ2n) is 5.04. The number of rotatable bonds is 4. The minimum Gasteiger partial charge on any atom is -0.341 e. The van der Waals surface area contributed by atoms with Crippen LogP contribution in [0.2, 0.25) is 0 Å². The van der Waals surface area contributed by atoms with Gasteiger partial charge in [0.2, 0.25) is 5.82 Å². The molecule has 6 heteroatoms. The van der Waals surface area contributed by atoms with Crippen LogP contribution >= 0.6 is 0 Å². The van der Waals surface area contributed by atoms with E-state index in [9.17, 15) is 9.18 Å². The minimum atomic E-state index is -0.456. The average molecular weight is 311 g/mol. The van der Waals surface area contributed by atoms with Crippen molar-refractivity contribution in [2.75, 3.05) is 0 Å². The summed E-state index contributed by atoms with van der Waals surface area (Å²) < 4.78 is 17.9. The molecule has 0 aliphatic rings. The van der Waals surface area contributed by atoms with Gasteiger partial charge >= 0.3 is 11.8 Å². The highest BCUT2D eigenvalue weighted by atomic mass is 19.1. The molecular weight excluding hydrogens is 297 g/mol. The summed E-state index contributed by atoms with van der Waals surface area (Å²) in [6.07, 6.45) is 0. The number of nitrogens with one attached hydrogen (secondary N) is 1. The predicted octanol–water partition coefficient (Wildman–Crippen LogP) is 3.37. The minimum absolute atomic E-state index is 0.132. The lowest BCUT2D eigenvalue weighted by molar-refractivity contribution is 0.0895. The Kier molecular flexibility index (Phi) is 4.14. The van der Waals surface area contributed by atoms with E-state index in [0.717, 1.165) is 5.56 Å². The van der Waals surface area contributed by atoms with Crippen LogP contribution in [0.15, 0.2) is 59.1 Å². The van der Waals surface area contributed by atoms with Crippen molar-refractivity contribution in [3.63, 3.8) is 0 Å². The third kappa shape index (κ3) is 3.42. The van der Waals surface area contributed by atoms with Crippen LogP contribution in [0.3, 0.4) is 0 Å². The maximum Gasteiger partial charge on any atom is 0.316 e. The van der Waals surface area contributed by atoms with Gasteiger partial charge < -0.3 is 9.84 Å². The van der Waals surface area contributed by atoms with Gasteiger partial charge in [-0.05, 0) is 36.8 Å². The van der Waals surface area contributed by atoms with Gasteiger partial charge in [-0.2, -0.15) is 4.98 Å². The number of amides is 1. The normalized spacial score (nSPS) is 11.9. The third-order valence-corrected chi connectivity index (χ3v) is 3.37. The van der Waals surface area contributed by atoms with Gasteiger partial charge in [-0.15, -0.1) is 0 Å². The van der Waals surface area contributed by atoms with Crippen LogP contribution in [0, 0.1) is 5.82 Å². The average Bonchev–Trinajstić information content (AvgIpc) is 3.06. The lowest BCUT2D eigenvalue weighted by Gasteiger charge is -2.12. The molecule has 23 heavy (non-hydrogen) atoms. The van der Waals surface area contributed by atoms with Gasteiger partial charge in [0.05, 0.1) is 6.04 Å². The van der Waals surface area contributed by atoms with E-state index < -0.39 is 5.91 Å².